The highest BCUT2D eigenvalue weighted by molar-refractivity contribution is 14.1. The van der Waals surface area contributed by atoms with Crippen molar-refractivity contribution in [1.29, 1.82) is 0 Å². The molecule has 3 nitrogen and oxygen atoms in total. The Labute approximate surface area is 76.8 Å². The molecule has 4 heteroatoms. The fourth-order valence-corrected chi connectivity index (χ4v) is 1.00. The Hall–Kier alpha value is -0.780. The SMILES string of the molecule is O=C([O-])/C=C\c1ccc(I)o1. The first kappa shape index (κ1) is 8.32. The second-order valence-corrected chi connectivity index (χ2v) is 2.86. The van der Waals surface area contributed by atoms with E-state index >= 15 is 0 Å². The Bertz CT molecular complexity index is 288. The second-order valence-electron chi connectivity index (χ2n) is 1.79. The van der Waals surface area contributed by atoms with Crippen molar-refractivity contribution in [1.82, 2.24) is 0 Å². The molecule has 0 aromatic carbocycles. The molecule has 0 fully saturated rings. The maximum absolute atomic E-state index is 9.94. The van der Waals surface area contributed by atoms with E-state index in [1.54, 1.807) is 12.1 Å². The highest BCUT2D eigenvalue weighted by Gasteiger charge is 1.92. The van der Waals surface area contributed by atoms with E-state index in [0.29, 0.717) is 5.76 Å². The summed E-state index contributed by atoms with van der Waals surface area (Å²) in [6.07, 6.45) is 2.27. The number of carboxylic acids is 1. The van der Waals surface area contributed by atoms with Gasteiger partial charge in [-0.2, -0.15) is 0 Å². The molecule has 0 saturated heterocycles. The van der Waals surface area contributed by atoms with E-state index in [1.165, 1.54) is 6.08 Å². The van der Waals surface area contributed by atoms with Crippen LogP contribution in [0.4, 0.5) is 0 Å². The molecule has 1 heterocycles. The van der Waals surface area contributed by atoms with Gasteiger partial charge in [-0.15, -0.1) is 0 Å². The first-order chi connectivity index (χ1) is 5.18. The molecule has 0 aliphatic heterocycles. The number of hydrogen-bond acceptors (Lipinski definition) is 3. The lowest BCUT2D eigenvalue weighted by molar-refractivity contribution is -0.297. The number of carbonyl (C=O) groups is 1. The fourth-order valence-electron chi connectivity index (χ4n) is 0.568. The fraction of sp³-hybridized carbons (Fsp3) is 0. The Morgan fingerprint density at radius 2 is 2.36 bits per heavy atom. The smallest absolute Gasteiger partial charge is 0.164 e. The van der Waals surface area contributed by atoms with Crippen LogP contribution in [-0.2, 0) is 4.79 Å². The highest BCUT2D eigenvalue weighted by atomic mass is 127. The zero-order valence-corrected chi connectivity index (χ0v) is 7.57. The molecule has 1 aromatic heterocycles. The van der Waals surface area contributed by atoms with Gasteiger partial charge in [0, 0.05) is 0 Å². The Balaban J connectivity index is 2.71. The van der Waals surface area contributed by atoms with Gasteiger partial charge in [0.2, 0.25) is 0 Å². The van der Waals surface area contributed by atoms with E-state index in [4.69, 9.17) is 4.42 Å². The number of rotatable bonds is 2. The van der Waals surface area contributed by atoms with Gasteiger partial charge in [0.15, 0.2) is 3.77 Å². The zero-order chi connectivity index (χ0) is 8.27. The standard InChI is InChI=1S/C7H5IO3/c8-6-3-1-5(11-6)2-4-7(9)10/h1-4H,(H,9,10)/p-1/b4-2-. The van der Waals surface area contributed by atoms with Crippen molar-refractivity contribution in [3.63, 3.8) is 0 Å². The molecule has 11 heavy (non-hydrogen) atoms. The average molecular weight is 263 g/mol. The van der Waals surface area contributed by atoms with Gasteiger partial charge < -0.3 is 14.3 Å². The van der Waals surface area contributed by atoms with E-state index in [2.05, 4.69) is 0 Å². The van der Waals surface area contributed by atoms with Crippen molar-refractivity contribution in [3.05, 3.63) is 27.7 Å². The molecule has 0 bridgehead atoms. The molecule has 1 aromatic rings. The first-order valence-corrected chi connectivity index (χ1v) is 3.91. The molecule has 0 spiro atoms. The summed E-state index contributed by atoms with van der Waals surface area (Å²) in [7, 11) is 0. The van der Waals surface area contributed by atoms with Crippen LogP contribution in [0, 0.1) is 3.77 Å². The van der Waals surface area contributed by atoms with Crippen molar-refractivity contribution in [2.45, 2.75) is 0 Å². The monoisotopic (exact) mass is 263 g/mol. The van der Waals surface area contributed by atoms with Crippen molar-refractivity contribution < 1.29 is 14.3 Å². The number of hydrogen-bond donors (Lipinski definition) is 0. The van der Waals surface area contributed by atoms with Crippen LogP contribution in [0.5, 0.6) is 0 Å². The summed E-state index contributed by atoms with van der Waals surface area (Å²) in [5.74, 6) is -0.713. The van der Waals surface area contributed by atoms with E-state index in [9.17, 15) is 9.90 Å². The third-order valence-corrected chi connectivity index (χ3v) is 1.56. The van der Waals surface area contributed by atoms with Crippen molar-refractivity contribution in [2.75, 3.05) is 0 Å². The molecule has 1 rings (SSSR count). The Morgan fingerprint density at radius 3 is 2.82 bits per heavy atom. The predicted molar refractivity (Wildman–Crippen MR) is 45.5 cm³/mol. The summed E-state index contributed by atoms with van der Waals surface area (Å²) < 4.78 is 5.77. The lowest BCUT2D eigenvalue weighted by Crippen LogP contribution is -2.18. The molecule has 0 N–H and O–H groups in total. The summed E-state index contributed by atoms with van der Waals surface area (Å²) in [5.41, 5.74) is 0. The van der Waals surface area contributed by atoms with Gasteiger partial charge in [-0.05, 0) is 46.9 Å². The molecule has 0 amide bonds. The van der Waals surface area contributed by atoms with Crippen LogP contribution in [0.1, 0.15) is 5.76 Å². The number of carbonyl (C=O) groups excluding carboxylic acids is 1. The van der Waals surface area contributed by atoms with E-state index < -0.39 is 5.97 Å². The number of furan rings is 1. The zero-order valence-electron chi connectivity index (χ0n) is 5.41. The molecule has 0 radical (unpaired) electrons. The normalized spacial score (nSPS) is 10.6. The van der Waals surface area contributed by atoms with Crippen molar-refractivity contribution in [3.8, 4) is 0 Å². The number of aliphatic carboxylic acids is 1. The van der Waals surface area contributed by atoms with Crippen LogP contribution in [0.3, 0.4) is 0 Å². The van der Waals surface area contributed by atoms with E-state index in [0.717, 1.165) is 9.84 Å². The van der Waals surface area contributed by atoms with Crippen LogP contribution in [0.25, 0.3) is 6.08 Å². The summed E-state index contributed by atoms with van der Waals surface area (Å²) >= 11 is 1.99. The minimum Gasteiger partial charge on any atom is -0.545 e. The lowest BCUT2D eigenvalue weighted by Gasteiger charge is -1.87. The summed E-state index contributed by atoms with van der Waals surface area (Å²) in [6, 6.07) is 3.43. The summed E-state index contributed by atoms with van der Waals surface area (Å²) in [6.45, 7) is 0. The molecule has 0 saturated carbocycles. The topological polar surface area (TPSA) is 53.3 Å². The van der Waals surface area contributed by atoms with Crippen molar-refractivity contribution in [2.24, 2.45) is 0 Å². The average Bonchev–Trinajstić information content (AvgIpc) is 2.31. The predicted octanol–water partition coefficient (Wildman–Crippen LogP) is 0.647. The molecule has 58 valence electrons. The highest BCUT2D eigenvalue weighted by Crippen LogP contribution is 2.10. The van der Waals surface area contributed by atoms with Gasteiger partial charge in [0.25, 0.3) is 0 Å². The van der Waals surface area contributed by atoms with Gasteiger partial charge in [-0.1, -0.05) is 0 Å². The second kappa shape index (κ2) is 3.56. The largest absolute Gasteiger partial charge is 0.545 e. The van der Waals surface area contributed by atoms with E-state index in [-0.39, 0.29) is 0 Å². The van der Waals surface area contributed by atoms with Crippen LogP contribution >= 0.6 is 22.6 Å². The minimum absolute atomic E-state index is 0.513. The molecule has 0 unspecified atom stereocenters. The maximum atomic E-state index is 9.94. The van der Waals surface area contributed by atoms with Crippen molar-refractivity contribution >= 4 is 34.6 Å². The molecular weight excluding hydrogens is 259 g/mol. The van der Waals surface area contributed by atoms with Crippen LogP contribution < -0.4 is 5.11 Å². The van der Waals surface area contributed by atoms with Gasteiger partial charge in [0.05, 0.1) is 5.97 Å². The Kier molecular flexibility index (Phi) is 2.70. The minimum atomic E-state index is -1.23. The third-order valence-electron chi connectivity index (χ3n) is 0.978. The van der Waals surface area contributed by atoms with Gasteiger partial charge in [0.1, 0.15) is 5.76 Å². The van der Waals surface area contributed by atoms with Gasteiger partial charge in [-0.3, -0.25) is 0 Å². The molecule has 0 atom stereocenters. The summed E-state index contributed by atoms with van der Waals surface area (Å²) in [4.78, 5) is 9.94. The number of halogens is 1. The van der Waals surface area contributed by atoms with Gasteiger partial charge in [-0.25, -0.2) is 0 Å². The molecule has 0 aliphatic carbocycles. The van der Waals surface area contributed by atoms with Gasteiger partial charge >= 0.3 is 0 Å². The molecule has 0 aliphatic rings. The van der Waals surface area contributed by atoms with E-state index in [1.807, 2.05) is 22.6 Å². The number of carboxylic acid groups (broad SMARTS) is 1. The van der Waals surface area contributed by atoms with Crippen LogP contribution in [-0.4, -0.2) is 5.97 Å². The maximum Gasteiger partial charge on any atom is 0.164 e. The quantitative estimate of drug-likeness (QED) is 0.581. The molecular formula is C7H4IO3-. The summed E-state index contributed by atoms with van der Waals surface area (Å²) in [5, 5.41) is 9.94. The first-order valence-electron chi connectivity index (χ1n) is 2.83. The van der Waals surface area contributed by atoms with Crippen LogP contribution in [0.2, 0.25) is 0 Å². The third kappa shape index (κ3) is 2.75. The lowest BCUT2D eigenvalue weighted by atomic mass is 10.4. The van der Waals surface area contributed by atoms with Crippen LogP contribution in [0.15, 0.2) is 22.6 Å². The Morgan fingerprint density at radius 1 is 1.64 bits per heavy atom.